The summed E-state index contributed by atoms with van der Waals surface area (Å²) >= 11 is 0. The largest absolute Gasteiger partial charge is 0.481 e. The standard InChI is InChI=1S/C27H32N2O5/c1-17(26(31)32)13-14-28-25(30)19-12-6-7-18(19)15-29-27(33)34-16-24-22-10-4-2-8-20(22)21-9-3-5-11-23(21)24/h2-5,8-11,17-19,24H,6-7,12-16H2,1H3,(H,28,30)(H,29,33)(H,31,32)/t17?,18-,19-/m1/s1. The fourth-order valence-electron chi connectivity index (χ4n) is 5.16. The van der Waals surface area contributed by atoms with Gasteiger partial charge in [0.05, 0.1) is 5.92 Å². The number of ether oxygens (including phenoxy) is 1. The van der Waals surface area contributed by atoms with Crippen molar-refractivity contribution in [2.24, 2.45) is 17.8 Å². The first kappa shape index (κ1) is 23.8. The maximum atomic E-state index is 12.6. The van der Waals surface area contributed by atoms with Gasteiger partial charge in [-0.2, -0.15) is 0 Å². The molecule has 0 aromatic heterocycles. The van der Waals surface area contributed by atoms with E-state index in [4.69, 9.17) is 9.84 Å². The summed E-state index contributed by atoms with van der Waals surface area (Å²) in [5.74, 6) is -1.52. The molecule has 2 aliphatic rings. The van der Waals surface area contributed by atoms with E-state index >= 15 is 0 Å². The van der Waals surface area contributed by atoms with Gasteiger partial charge in [-0.25, -0.2) is 4.79 Å². The van der Waals surface area contributed by atoms with E-state index in [0.29, 0.717) is 19.5 Å². The Kier molecular flexibility index (Phi) is 7.50. The van der Waals surface area contributed by atoms with E-state index < -0.39 is 18.0 Å². The number of hydrogen-bond donors (Lipinski definition) is 3. The van der Waals surface area contributed by atoms with E-state index in [9.17, 15) is 14.4 Å². The lowest BCUT2D eigenvalue weighted by atomic mass is 9.95. The summed E-state index contributed by atoms with van der Waals surface area (Å²) in [5, 5.41) is 14.7. The zero-order valence-corrected chi connectivity index (χ0v) is 19.5. The van der Waals surface area contributed by atoms with Gasteiger partial charge < -0.3 is 20.5 Å². The van der Waals surface area contributed by atoms with E-state index in [1.165, 1.54) is 22.3 Å². The third-order valence-corrected chi connectivity index (χ3v) is 7.15. The second kappa shape index (κ2) is 10.7. The number of nitrogens with one attached hydrogen (secondary N) is 2. The fraction of sp³-hybridized carbons (Fsp3) is 0.444. The Hall–Kier alpha value is -3.35. The Bertz CT molecular complexity index is 1010. The van der Waals surface area contributed by atoms with Gasteiger partial charge in [-0.1, -0.05) is 61.9 Å². The van der Waals surface area contributed by atoms with Crippen LogP contribution in [-0.4, -0.2) is 42.8 Å². The predicted octanol–water partition coefficient (Wildman–Crippen LogP) is 4.17. The number of fused-ring (bicyclic) bond motifs is 3. The summed E-state index contributed by atoms with van der Waals surface area (Å²) < 4.78 is 5.60. The van der Waals surface area contributed by atoms with Gasteiger partial charge >= 0.3 is 12.1 Å². The number of carbonyl (C=O) groups excluding carboxylic acids is 2. The molecule has 34 heavy (non-hydrogen) atoms. The number of amides is 2. The fourth-order valence-corrected chi connectivity index (χ4v) is 5.16. The molecule has 1 unspecified atom stereocenters. The van der Waals surface area contributed by atoms with Gasteiger partial charge in [0.15, 0.2) is 0 Å². The molecule has 3 atom stereocenters. The molecule has 3 N–H and O–H groups in total. The lowest BCUT2D eigenvalue weighted by molar-refractivity contribution is -0.141. The van der Waals surface area contributed by atoms with Crippen molar-refractivity contribution < 1.29 is 24.2 Å². The maximum Gasteiger partial charge on any atom is 0.407 e. The number of benzene rings is 2. The minimum Gasteiger partial charge on any atom is -0.481 e. The number of alkyl carbamates (subject to hydrolysis) is 1. The van der Waals surface area contributed by atoms with Gasteiger partial charge in [-0.05, 0) is 47.4 Å². The highest BCUT2D eigenvalue weighted by Gasteiger charge is 2.33. The van der Waals surface area contributed by atoms with Crippen molar-refractivity contribution in [1.29, 1.82) is 0 Å². The molecular weight excluding hydrogens is 432 g/mol. The number of hydrogen-bond acceptors (Lipinski definition) is 4. The van der Waals surface area contributed by atoms with Crippen LogP contribution in [0.25, 0.3) is 11.1 Å². The molecule has 180 valence electrons. The predicted molar refractivity (Wildman–Crippen MR) is 128 cm³/mol. The van der Waals surface area contributed by atoms with Crippen LogP contribution in [0.5, 0.6) is 0 Å². The molecule has 0 radical (unpaired) electrons. The van der Waals surface area contributed by atoms with Crippen LogP contribution in [0, 0.1) is 17.8 Å². The van der Waals surface area contributed by atoms with Crippen molar-refractivity contribution in [1.82, 2.24) is 10.6 Å². The van der Waals surface area contributed by atoms with Gasteiger partial charge in [0, 0.05) is 24.9 Å². The first-order valence-corrected chi connectivity index (χ1v) is 12.0. The summed E-state index contributed by atoms with van der Waals surface area (Å²) in [4.78, 5) is 36.0. The van der Waals surface area contributed by atoms with Crippen molar-refractivity contribution in [3.63, 3.8) is 0 Å². The van der Waals surface area contributed by atoms with Crippen LogP contribution in [0.4, 0.5) is 4.79 Å². The topological polar surface area (TPSA) is 105 Å². The molecule has 2 aromatic rings. The number of carboxylic acid groups (broad SMARTS) is 1. The highest BCUT2D eigenvalue weighted by atomic mass is 16.5. The third-order valence-electron chi connectivity index (χ3n) is 7.15. The Morgan fingerprint density at radius 3 is 2.29 bits per heavy atom. The number of rotatable bonds is 9. The average Bonchev–Trinajstić information content (AvgIpc) is 3.44. The molecule has 0 heterocycles. The van der Waals surface area contributed by atoms with Gasteiger partial charge in [-0.3, -0.25) is 9.59 Å². The average molecular weight is 465 g/mol. The van der Waals surface area contributed by atoms with E-state index in [0.717, 1.165) is 19.3 Å². The van der Waals surface area contributed by atoms with Crippen molar-refractivity contribution in [2.45, 2.75) is 38.5 Å². The van der Waals surface area contributed by atoms with Gasteiger partial charge in [0.25, 0.3) is 0 Å². The summed E-state index contributed by atoms with van der Waals surface area (Å²) in [6.07, 6.45) is 2.50. The third kappa shape index (κ3) is 5.24. The van der Waals surface area contributed by atoms with Crippen molar-refractivity contribution >= 4 is 18.0 Å². The molecule has 2 aromatic carbocycles. The molecule has 4 rings (SSSR count). The molecule has 0 saturated heterocycles. The molecule has 0 aliphatic heterocycles. The Labute approximate surface area is 199 Å². The highest BCUT2D eigenvalue weighted by molar-refractivity contribution is 5.80. The second-order valence-corrected chi connectivity index (χ2v) is 9.32. The van der Waals surface area contributed by atoms with E-state index in [1.54, 1.807) is 6.92 Å². The molecule has 7 nitrogen and oxygen atoms in total. The molecule has 1 saturated carbocycles. The van der Waals surface area contributed by atoms with E-state index in [2.05, 4.69) is 34.9 Å². The quantitative estimate of drug-likeness (QED) is 0.517. The zero-order chi connectivity index (χ0) is 24.1. The highest BCUT2D eigenvalue weighted by Crippen LogP contribution is 2.44. The Morgan fingerprint density at radius 1 is 1.00 bits per heavy atom. The smallest absolute Gasteiger partial charge is 0.407 e. The minimum absolute atomic E-state index is 0.0105. The molecule has 2 amide bonds. The first-order valence-electron chi connectivity index (χ1n) is 12.0. The molecular formula is C27H32N2O5. The van der Waals surface area contributed by atoms with Crippen LogP contribution in [0.1, 0.15) is 49.7 Å². The van der Waals surface area contributed by atoms with Crippen molar-refractivity contribution in [3.8, 4) is 11.1 Å². The molecule has 0 spiro atoms. The zero-order valence-electron chi connectivity index (χ0n) is 19.5. The van der Waals surface area contributed by atoms with Crippen LogP contribution in [-0.2, 0) is 14.3 Å². The number of carbonyl (C=O) groups is 3. The van der Waals surface area contributed by atoms with Crippen LogP contribution >= 0.6 is 0 Å². The van der Waals surface area contributed by atoms with E-state index in [1.807, 2.05) is 24.3 Å². The van der Waals surface area contributed by atoms with Gasteiger partial charge in [0.2, 0.25) is 5.91 Å². The lowest BCUT2D eigenvalue weighted by Gasteiger charge is -2.20. The van der Waals surface area contributed by atoms with Crippen LogP contribution in [0.3, 0.4) is 0 Å². The lowest BCUT2D eigenvalue weighted by Crippen LogP contribution is -2.38. The molecule has 7 heteroatoms. The Balaban J connectivity index is 1.26. The van der Waals surface area contributed by atoms with Crippen LogP contribution in [0.2, 0.25) is 0 Å². The van der Waals surface area contributed by atoms with Crippen LogP contribution < -0.4 is 10.6 Å². The monoisotopic (exact) mass is 464 g/mol. The van der Waals surface area contributed by atoms with Crippen molar-refractivity contribution in [3.05, 3.63) is 59.7 Å². The van der Waals surface area contributed by atoms with Gasteiger partial charge in [-0.15, -0.1) is 0 Å². The molecule has 1 fully saturated rings. The molecule has 0 bridgehead atoms. The Morgan fingerprint density at radius 2 is 1.65 bits per heavy atom. The molecule has 2 aliphatic carbocycles. The van der Waals surface area contributed by atoms with Gasteiger partial charge in [0.1, 0.15) is 6.61 Å². The summed E-state index contributed by atoms with van der Waals surface area (Å²) in [6, 6.07) is 16.4. The summed E-state index contributed by atoms with van der Waals surface area (Å²) in [6.45, 7) is 2.62. The normalized spacial score (nSPS) is 19.7. The second-order valence-electron chi connectivity index (χ2n) is 9.32. The van der Waals surface area contributed by atoms with Crippen LogP contribution in [0.15, 0.2) is 48.5 Å². The van der Waals surface area contributed by atoms with Crippen molar-refractivity contribution in [2.75, 3.05) is 19.7 Å². The number of carboxylic acids is 1. The maximum absolute atomic E-state index is 12.6. The first-order chi connectivity index (χ1) is 16.5. The van der Waals surface area contributed by atoms with E-state index in [-0.39, 0.29) is 30.3 Å². The summed E-state index contributed by atoms with van der Waals surface area (Å²) in [7, 11) is 0. The summed E-state index contributed by atoms with van der Waals surface area (Å²) in [5.41, 5.74) is 4.71. The SMILES string of the molecule is CC(CCNC(=O)[C@@H]1CCC[C@@H]1CNC(=O)OCC1c2ccccc2-c2ccccc21)C(=O)O. The minimum atomic E-state index is -0.861. The number of aliphatic carboxylic acids is 1.